The summed E-state index contributed by atoms with van der Waals surface area (Å²) in [6, 6.07) is 28.6. The van der Waals surface area contributed by atoms with Crippen molar-refractivity contribution in [3.63, 3.8) is 0 Å². The Labute approximate surface area is 259 Å². The van der Waals surface area contributed by atoms with Crippen molar-refractivity contribution in [3.05, 3.63) is 114 Å². The van der Waals surface area contributed by atoms with Crippen LogP contribution in [-0.4, -0.2) is 33.5 Å². The van der Waals surface area contributed by atoms with Gasteiger partial charge in [0.25, 0.3) is 10.0 Å². The van der Waals surface area contributed by atoms with Crippen LogP contribution in [0.1, 0.15) is 16.4 Å². The molecule has 1 aromatic heterocycles. The van der Waals surface area contributed by atoms with Crippen LogP contribution in [0.3, 0.4) is 0 Å². The number of carbonyl (C=O) groups is 1. The number of hydrogen-bond acceptors (Lipinski definition) is 8. The Hall–Kier alpha value is -4.32. The normalized spacial score (nSPS) is 11.9. The third-order valence-corrected chi connectivity index (χ3v) is 9.87. The molecule has 1 heterocycles. The SMILES string of the molecule is COc1ccc(-c2csc(NC(=O)C(Sc3ccc(NS(=O)(=O)c4ccc(C)cc4)cc3)c3ccccc3)n2)cc1OC. The molecule has 1 amide bonds. The van der Waals surface area contributed by atoms with E-state index in [4.69, 9.17) is 9.47 Å². The van der Waals surface area contributed by atoms with Gasteiger partial charge >= 0.3 is 0 Å². The summed E-state index contributed by atoms with van der Waals surface area (Å²) in [6.45, 7) is 1.90. The fourth-order valence-electron chi connectivity index (χ4n) is 4.20. The second kappa shape index (κ2) is 13.3. The highest BCUT2D eigenvalue weighted by atomic mass is 32.2. The molecular weight excluding hydrogens is 603 g/mol. The molecule has 8 nitrogen and oxygen atoms in total. The van der Waals surface area contributed by atoms with Crippen LogP contribution in [0.2, 0.25) is 0 Å². The van der Waals surface area contributed by atoms with E-state index >= 15 is 0 Å². The molecule has 5 aromatic rings. The Morgan fingerprint density at radius 3 is 2.26 bits per heavy atom. The quantitative estimate of drug-likeness (QED) is 0.146. The van der Waals surface area contributed by atoms with Crippen LogP contribution in [0.5, 0.6) is 11.5 Å². The van der Waals surface area contributed by atoms with Gasteiger partial charge in [0.1, 0.15) is 5.25 Å². The number of methoxy groups -OCH3 is 2. The van der Waals surface area contributed by atoms with E-state index in [0.29, 0.717) is 28.0 Å². The number of aromatic nitrogens is 1. The monoisotopic (exact) mass is 631 g/mol. The van der Waals surface area contributed by atoms with Gasteiger partial charge in [-0.15, -0.1) is 23.1 Å². The molecule has 0 saturated heterocycles. The summed E-state index contributed by atoms with van der Waals surface area (Å²) in [6.07, 6.45) is 0. The largest absolute Gasteiger partial charge is 0.493 e. The minimum atomic E-state index is -3.72. The first-order valence-electron chi connectivity index (χ1n) is 13.2. The maximum Gasteiger partial charge on any atom is 0.261 e. The van der Waals surface area contributed by atoms with Crippen molar-refractivity contribution in [2.24, 2.45) is 0 Å². The van der Waals surface area contributed by atoms with Gasteiger partial charge in [-0.3, -0.25) is 9.52 Å². The Morgan fingerprint density at radius 1 is 0.884 bits per heavy atom. The predicted octanol–water partition coefficient (Wildman–Crippen LogP) is 7.41. The van der Waals surface area contributed by atoms with E-state index < -0.39 is 15.3 Å². The van der Waals surface area contributed by atoms with Crippen LogP contribution in [0.25, 0.3) is 11.3 Å². The van der Waals surface area contributed by atoms with Crippen LogP contribution in [0, 0.1) is 6.92 Å². The summed E-state index contributed by atoms with van der Waals surface area (Å²) in [7, 11) is -0.565. The summed E-state index contributed by atoms with van der Waals surface area (Å²) in [5, 5.41) is 4.73. The number of aryl methyl sites for hydroxylation is 1. The first-order chi connectivity index (χ1) is 20.8. The predicted molar refractivity (Wildman–Crippen MR) is 173 cm³/mol. The molecule has 2 N–H and O–H groups in total. The number of hydrogen-bond donors (Lipinski definition) is 2. The average molecular weight is 632 g/mol. The summed E-state index contributed by atoms with van der Waals surface area (Å²) >= 11 is 2.69. The summed E-state index contributed by atoms with van der Waals surface area (Å²) < 4.78 is 38.9. The van der Waals surface area contributed by atoms with Crippen LogP contribution in [0.15, 0.2) is 112 Å². The number of carbonyl (C=O) groups excluding carboxylic acids is 1. The Bertz CT molecular complexity index is 1810. The van der Waals surface area contributed by atoms with E-state index in [9.17, 15) is 13.2 Å². The fourth-order valence-corrected chi connectivity index (χ4v) is 7.01. The lowest BCUT2D eigenvalue weighted by Crippen LogP contribution is -2.19. The molecule has 0 spiro atoms. The van der Waals surface area contributed by atoms with E-state index in [-0.39, 0.29) is 10.8 Å². The molecule has 11 heteroatoms. The zero-order valence-electron chi connectivity index (χ0n) is 23.6. The van der Waals surface area contributed by atoms with Gasteiger partial charge in [-0.2, -0.15) is 0 Å². The van der Waals surface area contributed by atoms with Crippen molar-refractivity contribution in [1.82, 2.24) is 4.98 Å². The maximum atomic E-state index is 13.6. The van der Waals surface area contributed by atoms with Crippen LogP contribution in [-0.2, 0) is 14.8 Å². The Balaban J connectivity index is 1.31. The lowest BCUT2D eigenvalue weighted by molar-refractivity contribution is -0.115. The number of rotatable bonds is 11. The van der Waals surface area contributed by atoms with Gasteiger partial charge in [-0.1, -0.05) is 48.0 Å². The average Bonchev–Trinajstić information content (AvgIpc) is 3.49. The highest BCUT2D eigenvalue weighted by molar-refractivity contribution is 8.00. The molecule has 0 bridgehead atoms. The maximum absolute atomic E-state index is 13.6. The van der Waals surface area contributed by atoms with Crippen LogP contribution >= 0.6 is 23.1 Å². The van der Waals surface area contributed by atoms with Gasteiger partial charge < -0.3 is 14.8 Å². The van der Waals surface area contributed by atoms with Crippen LogP contribution in [0.4, 0.5) is 10.8 Å². The number of benzene rings is 4. The standard InChI is InChI=1S/C32H29N3O5S3/c1-21-9-16-26(17-10-21)43(37,38)35-24-12-14-25(15-13-24)42-30(22-7-5-4-6-8-22)31(36)34-32-33-27(20-41-32)23-11-18-28(39-2)29(19-23)40-3/h4-20,30,35H,1-3H3,(H,33,34,36). The molecule has 5 rings (SSSR count). The van der Waals surface area contributed by atoms with E-state index in [1.165, 1.54) is 23.1 Å². The van der Waals surface area contributed by atoms with Gasteiger partial charge in [-0.25, -0.2) is 13.4 Å². The van der Waals surface area contributed by atoms with Crippen molar-refractivity contribution in [3.8, 4) is 22.8 Å². The molecule has 0 aliphatic rings. The summed E-state index contributed by atoms with van der Waals surface area (Å²) in [5.41, 5.74) is 3.77. The zero-order valence-corrected chi connectivity index (χ0v) is 26.1. The van der Waals surface area contributed by atoms with E-state index in [1.807, 2.05) is 60.8 Å². The minimum absolute atomic E-state index is 0.189. The zero-order chi connectivity index (χ0) is 30.4. The number of amides is 1. The first kappa shape index (κ1) is 30.1. The number of nitrogens with one attached hydrogen (secondary N) is 2. The third-order valence-electron chi connectivity index (χ3n) is 6.45. The van der Waals surface area contributed by atoms with Crippen molar-refractivity contribution < 1.29 is 22.7 Å². The Kier molecular flexibility index (Phi) is 9.34. The van der Waals surface area contributed by atoms with Crippen LogP contribution < -0.4 is 19.5 Å². The molecular formula is C32H29N3O5S3. The number of nitrogens with zero attached hydrogens (tertiary/aromatic N) is 1. The van der Waals surface area contributed by atoms with Gasteiger partial charge in [-0.05, 0) is 67.1 Å². The van der Waals surface area contributed by atoms with Gasteiger partial charge in [0.15, 0.2) is 16.6 Å². The lowest BCUT2D eigenvalue weighted by atomic mass is 10.1. The molecule has 0 radical (unpaired) electrons. The fraction of sp³-hybridized carbons (Fsp3) is 0.125. The first-order valence-corrected chi connectivity index (χ1v) is 16.4. The van der Waals surface area contributed by atoms with Crippen molar-refractivity contribution in [1.29, 1.82) is 0 Å². The molecule has 0 fully saturated rings. The summed E-state index contributed by atoms with van der Waals surface area (Å²) in [5.74, 6) is 0.982. The van der Waals surface area contributed by atoms with E-state index in [0.717, 1.165) is 21.6 Å². The second-order valence-electron chi connectivity index (χ2n) is 9.45. The Morgan fingerprint density at radius 2 is 1.58 bits per heavy atom. The van der Waals surface area contributed by atoms with Gasteiger partial charge in [0, 0.05) is 21.5 Å². The second-order valence-corrected chi connectivity index (χ2v) is 13.2. The molecule has 0 aliphatic carbocycles. The number of thiazole rings is 1. The number of ether oxygens (including phenoxy) is 2. The third kappa shape index (κ3) is 7.37. The number of sulfonamides is 1. The molecule has 1 unspecified atom stereocenters. The van der Waals surface area contributed by atoms with Gasteiger partial charge in [0.2, 0.25) is 5.91 Å². The van der Waals surface area contributed by atoms with Crippen molar-refractivity contribution >= 4 is 49.8 Å². The van der Waals surface area contributed by atoms with E-state index in [1.54, 1.807) is 62.8 Å². The molecule has 4 aromatic carbocycles. The molecule has 43 heavy (non-hydrogen) atoms. The van der Waals surface area contributed by atoms with Gasteiger partial charge in [0.05, 0.1) is 24.8 Å². The smallest absolute Gasteiger partial charge is 0.261 e. The summed E-state index contributed by atoms with van der Waals surface area (Å²) in [4.78, 5) is 19.2. The minimum Gasteiger partial charge on any atom is -0.493 e. The topological polar surface area (TPSA) is 107 Å². The molecule has 220 valence electrons. The number of thioether (sulfide) groups is 1. The van der Waals surface area contributed by atoms with Crippen molar-refractivity contribution in [2.75, 3.05) is 24.3 Å². The number of anilines is 2. The molecule has 0 aliphatic heterocycles. The lowest BCUT2D eigenvalue weighted by Gasteiger charge is -2.16. The highest BCUT2D eigenvalue weighted by Crippen LogP contribution is 2.38. The highest BCUT2D eigenvalue weighted by Gasteiger charge is 2.24. The molecule has 0 saturated carbocycles. The van der Waals surface area contributed by atoms with E-state index in [2.05, 4.69) is 15.0 Å². The molecule has 1 atom stereocenters. The van der Waals surface area contributed by atoms with Crippen molar-refractivity contribution in [2.45, 2.75) is 22.0 Å².